The number of nitrogens with zero attached hydrogens (tertiary/aromatic N) is 1. The Morgan fingerprint density at radius 2 is 1.65 bits per heavy atom. The van der Waals surface area contributed by atoms with E-state index in [1.165, 1.54) is 12.1 Å². The van der Waals surface area contributed by atoms with Crippen LogP contribution >= 0.6 is 23.2 Å². The van der Waals surface area contributed by atoms with Gasteiger partial charge in [0.2, 0.25) is 5.91 Å². The van der Waals surface area contributed by atoms with Gasteiger partial charge in [0.1, 0.15) is 11.9 Å². The van der Waals surface area contributed by atoms with Gasteiger partial charge in [0.25, 0.3) is 11.8 Å². The second-order valence-corrected chi connectivity index (χ2v) is 8.69. The number of aliphatic carboxylic acids is 1. The molecule has 0 aliphatic heterocycles. The molecule has 0 spiro atoms. The zero-order valence-corrected chi connectivity index (χ0v) is 21.1. The smallest absolute Gasteiger partial charge is 0.328 e. The first kappa shape index (κ1) is 27.4. The summed E-state index contributed by atoms with van der Waals surface area (Å²) in [6.07, 6.45) is 1.67. The number of rotatable bonds is 10. The van der Waals surface area contributed by atoms with E-state index in [4.69, 9.17) is 23.2 Å². The van der Waals surface area contributed by atoms with Crippen molar-refractivity contribution in [2.75, 3.05) is 18.4 Å². The second kappa shape index (κ2) is 12.7. The van der Waals surface area contributed by atoms with Gasteiger partial charge in [-0.2, -0.15) is 0 Å². The maximum absolute atomic E-state index is 12.5. The van der Waals surface area contributed by atoms with Crippen LogP contribution in [0.25, 0.3) is 0 Å². The van der Waals surface area contributed by atoms with Crippen LogP contribution in [0.2, 0.25) is 10.0 Å². The molecule has 10 nitrogen and oxygen atoms in total. The first-order chi connectivity index (χ1) is 17.6. The Labute approximate surface area is 222 Å². The lowest BCUT2D eigenvalue weighted by molar-refractivity contribution is -0.139. The summed E-state index contributed by atoms with van der Waals surface area (Å²) in [5.41, 5.74) is 1.88. The minimum absolute atomic E-state index is 0.0512. The fourth-order valence-electron chi connectivity index (χ4n) is 3.18. The third kappa shape index (κ3) is 7.92. The molecule has 0 fully saturated rings. The molecule has 0 saturated carbocycles. The van der Waals surface area contributed by atoms with Crippen molar-refractivity contribution in [3.63, 3.8) is 0 Å². The number of carboxylic acid groups (broad SMARTS) is 1. The van der Waals surface area contributed by atoms with E-state index in [0.29, 0.717) is 17.1 Å². The SMILES string of the molecule is Cc1ccnc(Nc2cccc(C(=O)NCC(=O)NC[C@H](NC(=O)c3c(Cl)cccc3Cl)C(=O)O)c2)c1. The Morgan fingerprint density at radius 3 is 2.32 bits per heavy atom. The molecule has 2 aromatic carbocycles. The quantitative estimate of drug-likeness (QED) is 0.263. The predicted molar refractivity (Wildman–Crippen MR) is 139 cm³/mol. The summed E-state index contributed by atoms with van der Waals surface area (Å²) in [6.45, 7) is 1.09. The molecule has 0 aliphatic carbocycles. The largest absolute Gasteiger partial charge is 0.480 e. The van der Waals surface area contributed by atoms with Crippen molar-refractivity contribution in [2.45, 2.75) is 13.0 Å². The van der Waals surface area contributed by atoms with Gasteiger partial charge in [-0.15, -0.1) is 0 Å². The fourth-order valence-corrected chi connectivity index (χ4v) is 3.75. The van der Waals surface area contributed by atoms with E-state index in [9.17, 15) is 24.3 Å². The second-order valence-electron chi connectivity index (χ2n) is 7.87. The molecule has 37 heavy (non-hydrogen) atoms. The van der Waals surface area contributed by atoms with Crippen LogP contribution in [0.4, 0.5) is 11.5 Å². The monoisotopic (exact) mass is 543 g/mol. The lowest BCUT2D eigenvalue weighted by Gasteiger charge is -2.16. The number of nitrogens with one attached hydrogen (secondary N) is 4. The summed E-state index contributed by atoms with van der Waals surface area (Å²) in [5.74, 6) is -2.72. The summed E-state index contributed by atoms with van der Waals surface area (Å²) in [5, 5.41) is 19.7. The maximum Gasteiger partial charge on any atom is 0.328 e. The molecule has 5 N–H and O–H groups in total. The number of carboxylic acids is 1. The molecule has 0 unspecified atom stereocenters. The molecule has 1 atom stereocenters. The molecule has 12 heteroatoms. The van der Waals surface area contributed by atoms with Crippen molar-refractivity contribution in [2.24, 2.45) is 0 Å². The highest BCUT2D eigenvalue weighted by molar-refractivity contribution is 6.39. The van der Waals surface area contributed by atoms with Crippen molar-refractivity contribution in [3.8, 4) is 0 Å². The van der Waals surface area contributed by atoms with Crippen LogP contribution in [-0.4, -0.2) is 52.9 Å². The maximum atomic E-state index is 12.5. The fraction of sp³-hybridized carbons (Fsp3) is 0.160. The number of pyridine rings is 1. The van der Waals surface area contributed by atoms with E-state index in [-0.39, 0.29) is 15.6 Å². The van der Waals surface area contributed by atoms with Gasteiger partial charge in [0.05, 0.1) is 22.2 Å². The number of anilines is 2. The number of amides is 3. The number of hydrogen-bond donors (Lipinski definition) is 5. The molecule has 3 aromatic rings. The number of hydrogen-bond acceptors (Lipinski definition) is 6. The lowest BCUT2D eigenvalue weighted by atomic mass is 10.2. The van der Waals surface area contributed by atoms with E-state index >= 15 is 0 Å². The van der Waals surface area contributed by atoms with Gasteiger partial charge < -0.3 is 26.4 Å². The number of carbonyl (C=O) groups is 4. The van der Waals surface area contributed by atoms with Crippen molar-refractivity contribution in [1.82, 2.24) is 20.9 Å². The predicted octanol–water partition coefficient (Wildman–Crippen LogP) is 3.17. The van der Waals surface area contributed by atoms with Gasteiger partial charge in [-0.05, 0) is 55.0 Å². The van der Waals surface area contributed by atoms with E-state index in [0.717, 1.165) is 5.56 Å². The summed E-state index contributed by atoms with van der Waals surface area (Å²) in [6, 6.07) is 13.3. The third-order valence-electron chi connectivity index (χ3n) is 5.02. The number of carbonyl (C=O) groups excluding carboxylic acids is 3. The van der Waals surface area contributed by atoms with Crippen molar-refractivity contribution < 1.29 is 24.3 Å². The Hall–Kier alpha value is -4.15. The molecule has 0 saturated heterocycles. The highest BCUT2D eigenvalue weighted by Crippen LogP contribution is 2.24. The van der Waals surface area contributed by atoms with Crippen LogP contribution < -0.4 is 21.3 Å². The number of aryl methyl sites for hydroxylation is 1. The zero-order valence-electron chi connectivity index (χ0n) is 19.5. The molecule has 1 aromatic heterocycles. The first-order valence-corrected chi connectivity index (χ1v) is 11.7. The number of benzene rings is 2. The van der Waals surface area contributed by atoms with Crippen LogP contribution in [0.15, 0.2) is 60.8 Å². The first-order valence-electron chi connectivity index (χ1n) is 11.0. The molecule has 0 bridgehead atoms. The summed E-state index contributed by atoms with van der Waals surface area (Å²) in [7, 11) is 0. The van der Waals surface area contributed by atoms with E-state index in [1.807, 2.05) is 19.1 Å². The van der Waals surface area contributed by atoms with Crippen molar-refractivity contribution >= 4 is 58.4 Å². The minimum Gasteiger partial charge on any atom is -0.480 e. The summed E-state index contributed by atoms with van der Waals surface area (Å²) in [4.78, 5) is 53.0. The lowest BCUT2D eigenvalue weighted by Crippen LogP contribution is -2.50. The molecule has 0 aliphatic rings. The van der Waals surface area contributed by atoms with Gasteiger partial charge in [0.15, 0.2) is 0 Å². The molecular weight excluding hydrogens is 521 g/mol. The van der Waals surface area contributed by atoms with Gasteiger partial charge in [-0.25, -0.2) is 9.78 Å². The standard InChI is InChI=1S/C25H23Cl2N5O5/c1-14-8-9-28-20(10-14)31-16-5-2-4-15(11-16)23(34)30-13-21(33)29-12-19(25(36)37)32-24(35)22-17(26)6-3-7-18(22)27/h2-11,19H,12-13H2,1H3,(H,28,31)(H,29,33)(H,30,34)(H,32,35)(H,36,37)/t19-/m0/s1. The molecule has 1 heterocycles. The Morgan fingerprint density at radius 1 is 0.946 bits per heavy atom. The van der Waals surface area contributed by atoms with Crippen molar-refractivity contribution in [3.05, 3.63) is 87.5 Å². The highest BCUT2D eigenvalue weighted by Gasteiger charge is 2.24. The van der Waals surface area contributed by atoms with Gasteiger partial charge >= 0.3 is 5.97 Å². The number of halogens is 2. The zero-order chi connectivity index (χ0) is 26.9. The van der Waals surface area contributed by atoms with E-state index in [2.05, 4.69) is 26.3 Å². The molecule has 3 amide bonds. The Balaban J connectivity index is 1.52. The van der Waals surface area contributed by atoms with Crippen LogP contribution in [0.1, 0.15) is 26.3 Å². The average Bonchev–Trinajstić information content (AvgIpc) is 2.85. The normalized spacial score (nSPS) is 11.2. The van der Waals surface area contributed by atoms with E-state index in [1.54, 1.807) is 36.5 Å². The minimum atomic E-state index is -1.46. The van der Waals surface area contributed by atoms with E-state index < -0.39 is 42.8 Å². The van der Waals surface area contributed by atoms with Gasteiger partial charge in [0, 0.05) is 24.0 Å². The van der Waals surface area contributed by atoms with Crippen LogP contribution in [0.5, 0.6) is 0 Å². The molecule has 192 valence electrons. The van der Waals surface area contributed by atoms with Gasteiger partial charge in [-0.1, -0.05) is 35.3 Å². The van der Waals surface area contributed by atoms with Crippen molar-refractivity contribution in [1.29, 1.82) is 0 Å². The molecular formula is C25H23Cl2N5O5. The highest BCUT2D eigenvalue weighted by atomic mass is 35.5. The Bertz CT molecular complexity index is 1310. The topological polar surface area (TPSA) is 150 Å². The summed E-state index contributed by atoms with van der Waals surface area (Å²) >= 11 is 12.0. The van der Waals surface area contributed by atoms with Crippen LogP contribution in [-0.2, 0) is 9.59 Å². The molecule has 0 radical (unpaired) electrons. The van der Waals surface area contributed by atoms with Crippen LogP contribution in [0.3, 0.4) is 0 Å². The summed E-state index contributed by atoms with van der Waals surface area (Å²) < 4.78 is 0. The third-order valence-corrected chi connectivity index (χ3v) is 5.65. The Kier molecular flexibility index (Phi) is 9.42. The van der Waals surface area contributed by atoms with Crippen LogP contribution in [0, 0.1) is 6.92 Å². The molecule has 3 rings (SSSR count). The average molecular weight is 544 g/mol. The van der Waals surface area contributed by atoms with Gasteiger partial charge in [-0.3, -0.25) is 14.4 Å². The number of aromatic nitrogens is 1.